The Morgan fingerprint density at radius 1 is 0.588 bits per heavy atom. The number of rotatable bonds is 6. The first-order valence-electron chi connectivity index (χ1n) is 17.5. The van der Waals surface area contributed by atoms with Crippen LogP contribution in [0.5, 0.6) is 0 Å². The van der Waals surface area contributed by atoms with E-state index in [0.29, 0.717) is 5.89 Å². The molecule has 2 aliphatic carbocycles. The molecule has 2 aliphatic rings. The minimum Gasteiger partial charge on any atom is -0.436 e. The van der Waals surface area contributed by atoms with Crippen LogP contribution in [0.25, 0.3) is 50.1 Å². The van der Waals surface area contributed by atoms with Crippen LogP contribution in [0.4, 0.5) is 17.1 Å². The Kier molecular flexibility index (Phi) is 6.91. The predicted octanol–water partition coefficient (Wildman–Crippen LogP) is 10.4. The van der Waals surface area contributed by atoms with E-state index in [-0.39, 0.29) is 5.92 Å². The Hall–Kier alpha value is -6.65. The van der Waals surface area contributed by atoms with Crippen LogP contribution < -0.4 is 15.7 Å². The lowest BCUT2D eigenvalue weighted by molar-refractivity contribution is 0.531. The van der Waals surface area contributed by atoms with Crippen molar-refractivity contribution in [1.82, 2.24) is 9.55 Å². The quantitative estimate of drug-likeness (QED) is 0.179. The normalized spacial score (nSPS) is 14.9. The predicted molar refractivity (Wildman–Crippen MR) is 209 cm³/mol. The van der Waals surface area contributed by atoms with E-state index in [1.165, 1.54) is 33.0 Å². The van der Waals surface area contributed by atoms with E-state index < -0.39 is 0 Å². The van der Waals surface area contributed by atoms with Crippen molar-refractivity contribution in [1.29, 1.82) is 0 Å². The van der Waals surface area contributed by atoms with Crippen LogP contribution in [0, 0.1) is 5.92 Å². The average Bonchev–Trinajstić information content (AvgIpc) is 3.80. The first-order chi connectivity index (χ1) is 25.3. The maximum Gasteiger partial charge on any atom is 0.227 e. The van der Waals surface area contributed by atoms with Crippen molar-refractivity contribution in [2.24, 2.45) is 5.92 Å². The second kappa shape index (κ2) is 12.0. The van der Waals surface area contributed by atoms with E-state index in [9.17, 15) is 0 Å². The number of anilines is 3. The second-order valence-corrected chi connectivity index (χ2v) is 13.2. The summed E-state index contributed by atoms with van der Waals surface area (Å²) in [5.74, 6) is 0.905. The Morgan fingerprint density at radius 3 is 2.06 bits per heavy atom. The monoisotopic (exact) mass is 655 g/mol. The average molecular weight is 656 g/mol. The molecule has 8 aromatic rings. The van der Waals surface area contributed by atoms with E-state index >= 15 is 0 Å². The van der Waals surface area contributed by atoms with Crippen LogP contribution >= 0.6 is 0 Å². The molecule has 1 atom stereocenters. The molecule has 0 fully saturated rings. The molecule has 4 heteroatoms. The van der Waals surface area contributed by atoms with Crippen LogP contribution in [0.1, 0.15) is 12.0 Å². The number of nitrogens with zero attached hydrogens (tertiary/aromatic N) is 3. The van der Waals surface area contributed by atoms with E-state index in [0.717, 1.165) is 51.1 Å². The number of fused-ring (bicyclic) bond motifs is 5. The third-order valence-electron chi connectivity index (χ3n) is 10.2. The fraction of sp³-hybridized carbons (Fsp3) is 0.0426. The van der Waals surface area contributed by atoms with Crippen molar-refractivity contribution in [3.05, 3.63) is 198 Å². The zero-order valence-corrected chi connectivity index (χ0v) is 27.9. The Balaban J connectivity index is 1.12. The number of benzene rings is 6. The summed E-state index contributed by atoms with van der Waals surface area (Å²) in [4.78, 5) is 7.45. The van der Waals surface area contributed by atoms with Gasteiger partial charge in [-0.1, -0.05) is 115 Å². The van der Waals surface area contributed by atoms with Crippen molar-refractivity contribution in [2.45, 2.75) is 6.42 Å². The number of para-hydroxylation sites is 3. The first-order valence-corrected chi connectivity index (χ1v) is 17.5. The maximum absolute atomic E-state index is 6.53. The molecule has 6 aromatic carbocycles. The standard InChI is InChI=1S/C47H33N3O/c1-4-14-33(15-5-1)47-48-45-42(30-34-16-10-11-21-39(34)46(45)51-47)32-24-26-37(27-25-32)49(35-17-6-2-7-18-35)38-28-29-41-40-22-12-13-23-43(40)50(44(41)31-38)36-19-8-3-9-20-36/h1-29,31,34H,30H2. The van der Waals surface area contributed by atoms with Crippen LogP contribution in [0.15, 0.2) is 186 Å². The topological polar surface area (TPSA) is 34.2 Å². The molecule has 0 spiro atoms. The molecule has 10 rings (SSSR count). The molecule has 2 aromatic heterocycles. The number of aromatic nitrogens is 2. The molecule has 4 nitrogen and oxygen atoms in total. The van der Waals surface area contributed by atoms with Gasteiger partial charge in [-0.3, -0.25) is 0 Å². The van der Waals surface area contributed by atoms with Gasteiger partial charge in [-0.25, -0.2) is 4.98 Å². The summed E-state index contributed by atoms with van der Waals surface area (Å²) in [5.41, 5.74) is 12.2. The summed E-state index contributed by atoms with van der Waals surface area (Å²) in [6.07, 6.45) is 9.55. The molecule has 0 aliphatic heterocycles. The molecule has 242 valence electrons. The van der Waals surface area contributed by atoms with Gasteiger partial charge in [0, 0.05) is 50.6 Å². The number of oxazole rings is 1. The maximum atomic E-state index is 6.53. The van der Waals surface area contributed by atoms with Crippen molar-refractivity contribution in [3.63, 3.8) is 0 Å². The molecule has 0 saturated carbocycles. The van der Waals surface area contributed by atoms with Crippen LogP contribution in [0.2, 0.25) is 0 Å². The molecule has 0 radical (unpaired) electrons. The van der Waals surface area contributed by atoms with E-state index in [2.05, 4.69) is 173 Å². The molecule has 0 N–H and O–H groups in total. The largest absolute Gasteiger partial charge is 0.436 e. The van der Waals surface area contributed by atoms with Gasteiger partial charge in [0.05, 0.1) is 11.0 Å². The molecule has 0 bridgehead atoms. The van der Waals surface area contributed by atoms with Gasteiger partial charge in [-0.2, -0.15) is 0 Å². The van der Waals surface area contributed by atoms with Gasteiger partial charge >= 0.3 is 0 Å². The van der Waals surface area contributed by atoms with Gasteiger partial charge < -0.3 is 13.9 Å². The van der Waals surface area contributed by atoms with Crippen molar-refractivity contribution in [3.8, 4) is 17.1 Å². The Morgan fingerprint density at radius 2 is 1.25 bits per heavy atom. The highest BCUT2D eigenvalue weighted by Gasteiger charge is 2.25. The number of hydrogen-bond acceptors (Lipinski definition) is 3. The van der Waals surface area contributed by atoms with Gasteiger partial charge in [-0.05, 0) is 84.3 Å². The highest BCUT2D eigenvalue weighted by Crippen LogP contribution is 2.40. The fourth-order valence-electron chi connectivity index (χ4n) is 7.79. The van der Waals surface area contributed by atoms with Crippen LogP contribution in [-0.4, -0.2) is 9.55 Å². The van der Waals surface area contributed by atoms with E-state index in [4.69, 9.17) is 9.40 Å². The summed E-state index contributed by atoms with van der Waals surface area (Å²) in [5, 5.41) is 3.41. The number of allylic oxidation sites excluding steroid dienone is 4. The molecular formula is C47H33N3O. The molecule has 51 heavy (non-hydrogen) atoms. The zero-order chi connectivity index (χ0) is 33.7. The van der Waals surface area contributed by atoms with Gasteiger partial charge in [0.15, 0.2) is 5.42 Å². The van der Waals surface area contributed by atoms with E-state index in [1.807, 2.05) is 18.2 Å². The molecule has 0 saturated heterocycles. The number of hydrogen-bond donors (Lipinski definition) is 0. The summed E-state index contributed by atoms with van der Waals surface area (Å²) >= 11 is 0. The van der Waals surface area contributed by atoms with Gasteiger partial charge in [-0.15, -0.1) is 0 Å². The highest BCUT2D eigenvalue weighted by atomic mass is 16.3. The molecular weight excluding hydrogens is 623 g/mol. The lowest BCUT2D eigenvalue weighted by Crippen LogP contribution is -2.34. The summed E-state index contributed by atoms with van der Waals surface area (Å²) in [6, 6.07) is 55.9. The Labute approximate surface area is 295 Å². The summed E-state index contributed by atoms with van der Waals surface area (Å²) in [7, 11) is 0. The minimum absolute atomic E-state index is 0.248. The fourth-order valence-corrected chi connectivity index (χ4v) is 7.79. The molecule has 2 heterocycles. The first kappa shape index (κ1) is 29.3. The lowest BCUT2D eigenvalue weighted by Gasteiger charge is -2.26. The highest BCUT2D eigenvalue weighted by molar-refractivity contribution is 6.10. The smallest absolute Gasteiger partial charge is 0.227 e. The third kappa shape index (κ3) is 4.95. The lowest BCUT2D eigenvalue weighted by atomic mass is 9.83. The third-order valence-corrected chi connectivity index (χ3v) is 10.2. The van der Waals surface area contributed by atoms with E-state index in [1.54, 1.807) is 0 Å². The SMILES string of the molecule is C1=CC2=c3oc(-c4ccccc4)nc3=C(c3ccc(N(c4ccccc4)c4ccc5c6ccccc6n(-c6ccccc6)c5c4)cc3)CC2C=C1. The van der Waals surface area contributed by atoms with Crippen molar-refractivity contribution >= 4 is 50.0 Å². The van der Waals surface area contributed by atoms with Gasteiger partial charge in [0.1, 0.15) is 5.35 Å². The second-order valence-electron chi connectivity index (χ2n) is 13.2. The molecule has 1 unspecified atom stereocenters. The molecule has 0 amide bonds. The summed E-state index contributed by atoms with van der Waals surface area (Å²) < 4.78 is 8.90. The summed E-state index contributed by atoms with van der Waals surface area (Å²) in [6.45, 7) is 0. The van der Waals surface area contributed by atoms with Crippen LogP contribution in [-0.2, 0) is 0 Å². The van der Waals surface area contributed by atoms with Gasteiger partial charge in [0.25, 0.3) is 0 Å². The van der Waals surface area contributed by atoms with Crippen molar-refractivity contribution in [2.75, 3.05) is 4.90 Å². The zero-order valence-electron chi connectivity index (χ0n) is 27.9. The Bertz CT molecular complexity index is 2750. The minimum atomic E-state index is 0.248. The van der Waals surface area contributed by atoms with Crippen LogP contribution in [0.3, 0.4) is 0 Å². The van der Waals surface area contributed by atoms with Crippen molar-refractivity contribution < 1.29 is 4.42 Å². The van der Waals surface area contributed by atoms with Gasteiger partial charge in [0.2, 0.25) is 5.89 Å².